The first-order valence-electron chi connectivity index (χ1n) is 40.0. The summed E-state index contributed by atoms with van der Waals surface area (Å²) in [5.41, 5.74) is 0. The van der Waals surface area contributed by atoms with Crippen LogP contribution in [0.2, 0.25) is 0 Å². The standard InChI is InChI=1S/C89H138O17P2/c1-5-9-13-17-21-25-29-33-37-40-41-44-47-50-54-58-62-66-70-74-87(92)100-79-84(105-88(93)75-71-67-63-59-55-51-45-36-32-28-24-20-16-12-8-4)81-103-107(95,96)101-77-83(90)78-102-108(97,98)104-82-85(106-89(94)76-72-68-64-60-56-52-48-43-39-35-31-27-23-19-15-11-7-3)80-99-86(91)73-69-65-61-57-53-49-46-42-38-34-30-26-22-18-14-10-6-2/h9-16,21-28,33-39,41,44-46,49-50,54-55,57,59,61-62,66,83-85,90H,5-8,17-20,29-32,40,42-43,47-48,51-53,56,58,60,63-65,67-82H2,1-4H3,(H,95,96)(H,97,98)/b13-9-,14-10-,15-11-,16-12-,25-21-,26-22-,27-23-,28-24-,37-33-,38-34-,39-35-,44-41-,45-36-,49-46-,54-50-,59-55-,61-57-,66-62-. The lowest BCUT2D eigenvalue weighted by Crippen LogP contribution is -2.30. The number of unbranched alkanes of at least 4 members (excludes halogenated alkanes) is 10. The van der Waals surface area contributed by atoms with E-state index in [0.29, 0.717) is 44.9 Å². The van der Waals surface area contributed by atoms with Gasteiger partial charge in [0.25, 0.3) is 0 Å². The Bertz CT molecular complexity index is 2910. The van der Waals surface area contributed by atoms with Gasteiger partial charge in [-0.25, -0.2) is 9.13 Å². The first-order valence-corrected chi connectivity index (χ1v) is 43.0. The second-order valence-corrected chi connectivity index (χ2v) is 28.4. The number of carbonyl (C=O) groups is 4. The number of hydrogen-bond donors (Lipinski definition) is 3. The fraction of sp³-hybridized carbons (Fsp3) is 0.551. The van der Waals surface area contributed by atoms with Crippen molar-refractivity contribution >= 4 is 39.5 Å². The Balaban J connectivity index is 5.55. The Morgan fingerprint density at radius 2 is 0.481 bits per heavy atom. The first kappa shape index (κ1) is 101. The number of phosphoric ester groups is 2. The summed E-state index contributed by atoms with van der Waals surface area (Å²) >= 11 is 0. The topological polar surface area (TPSA) is 237 Å². The highest BCUT2D eigenvalue weighted by atomic mass is 31.2. The molecule has 0 aromatic carbocycles. The largest absolute Gasteiger partial charge is 0.472 e. The molecule has 0 saturated heterocycles. The maximum absolute atomic E-state index is 13.1. The molecule has 17 nitrogen and oxygen atoms in total. The van der Waals surface area contributed by atoms with E-state index in [4.69, 9.17) is 37.0 Å². The number of hydrogen-bond acceptors (Lipinski definition) is 15. The minimum atomic E-state index is -5.02. The number of rotatable bonds is 72. The number of aliphatic hydroxyl groups excluding tert-OH is 1. The van der Waals surface area contributed by atoms with Gasteiger partial charge in [0.2, 0.25) is 0 Å². The van der Waals surface area contributed by atoms with Crippen LogP contribution in [-0.4, -0.2) is 96.7 Å². The molecule has 606 valence electrons. The van der Waals surface area contributed by atoms with Gasteiger partial charge in [0.15, 0.2) is 12.2 Å². The molecule has 0 aromatic heterocycles. The summed E-state index contributed by atoms with van der Waals surface area (Å²) in [6.07, 6.45) is 99.4. The average molecular weight is 1540 g/mol. The number of carbonyl (C=O) groups excluding carboxylic acids is 4. The van der Waals surface area contributed by atoms with E-state index in [9.17, 15) is 43.2 Å². The van der Waals surface area contributed by atoms with Crippen LogP contribution in [0.4, 0.5) is 0 Å². The molecule has 0 rings (SSSR count). The van der Waals surface area contributed by atoms with Crippen LogP contribution in [0.5, 0.6) is 0 Å². The average Bonchev–Trinajstić information content (AvgIpc) is 0.901. The highest BCUT2D eigenvalue weighted by Gasteiger charge is 2.30. The molecule has 0 aliphatic heterocycles. The Morgan fingerprint density at radius 1 is 0.259 bits per heavy atom. The highest BCUT2D eigenvalue weighted by molar-refractivity contribution is 7.47. The summed E-state index contributed by atoms with van der Waals surface area (Å²) in [4.78, 5) is 73.0. The van der Waals surface area contributed by atoms with Crippen molar-refractivity contribution < 1.29 is 80.2 Å². The summed E-state index contributed by atoms with van der Waals surface area (Å²) in [5, 5.41) is 10.6. The lowest BCUT2D eigenvalue weighted by Gasteiger charge is -2.21. The van der Waals surface area contributed by atoms with Crippen molar-refractivity contribution in [3.05, 3.63) is 219 Å². The molecule has 0 amide bonds. The van der Waals surface area contributed by atoms with Crippen LogP contribution < -0.4 is 0 Å². The van der Waals surface area contributed by atoms with Crippen molar-refractivity contribution in [1.82, 2.24) is 0 Å². The first-order chi connectivity index (χ1) is 52.7. The van der Waals surface area contributed by atoms with Gasteiger partial charge in [0, 0.05) is 25.7 Å². The van der Waals surface area contributed by atoms with Crippen LogP contribution in [0.25, 0.3) is 0 Å². The van der Waals surface area contributed by atoms with Gasteiger partial charge in [0.05, 0.1) is 26.4 Å². The Kier molecular flexibility index (Phi) is 73.7. The fourth-order valence-electron chi connectivity index (χ4n) is 9.52. The van der Waals surface area contributed by atoms with Crippen molar-refractivity contribution in [2.75, 3.05) is 39.6 Å². The maximum Gasteiger partial charge on any atom is 0.472 e. The SMILES string of the molecule is CC/C=C\C/C=C\C/C=C\C/C=C\C/C=C\C/C=C\CCC(=O)OCC(COP(=O)(O)OCC(O)COP(=O)(O)OCC(COC(=O)CCC/C=C\C/C=C\C/C=C\C/C=C\C/C=C\CC)OC(=O)CCCCCCCCC/C=C\C/C=C\C/C=C\CC)OC(=O)CCCC/C=C\C/C=C\C/C=C\C/C=C\CC. The summed E-state index contributed by atoms with van der Waals surface area (Å²) < 4.78 is 68.4. The van der Waals surface area contributed by atoms with Gasteiger partial charge in [-0.1, -0.05) is 279 Å². The third-order valence-corrected chi connectivity index (χ3v) is 17.3. The van der Waals surface area contributed by atoms with Gasteiger partial charge < -0.3 is 33.8 Å². The molecule has 5 atom stereocenters. The zero-order valence-electron chi connectivity index (χ0n) is 66.2. The number of phosphoric acid groups is 2. The van der Waals surface area contributed by atoms with Gasteiger partial charge >= 0.3 is 39.5 Å². The fourth-order valence-corrected chi connectivity index (χ4v) is 11.1. The molecule has 0 saturated carbocycles. The molecule has 0 aromatic rings. The zero-order chi connectivity index (χ0) is 78.9. The van der Waals surface area contributed by atoms with E-state index < -0.39 is 97.5 Å². The quantitative estimate of drug-likeness (QED) is 0.0169. The molecular formula is C89H138O17P2. The molecule has 3 N–H and O–H groups in total. The summed E-state index contributed by atoms with van der Waals surface area (Å²) in [6, 6.07) is 0. The van der Waals surface area contributed by atoms with Crippen LogP contribution >= 0.6 is 15.6 Å². The van der Waals surface area contributed by atoms with Crippen molar-refractivity contribution in [3.8, 4) is 0 Å². The molecule has 0 heterocycles. The number of aliphatic hydroxyl groups is 1. The molecule has 0 spiro atoms. The highest BCUT2D eigenvalue weighted by Crippen LogP contribution is 2.45. The lowest BCUT2D eigenvalue weighted by atomic mass is 10.1. The van der Waals surface area contributed by atoms with Gasteiger partial charge in [-0.05, 0) is 173 Å². The summed E-state index contributed by atoms with van der Waals surface area (Å²) in [6.45, 7) is 4.17. The van der Waals surface area contributed by atoms with E-state index in [1.807, 2.05) is 36.5 Å². The molecule has 0 bridgehead atoms. The van der Waals surface area contributed by atoms with E-state index in [0.717, 1.165) is 161 Å². The van der Waals surface area contributed by atoms with Crippen molar-refractivity contribution in [2.45, 2.75) is 277 Å². The molecule has 0 fully saturated rings. The number of esters is 4. The smallest absolute Gasteiger partial charge is 0.462 e. The molecule has 0 aliphatic rings. The summed E-state index contributed by atoms with van der Waals surface area (Å²) in [7, 11) is -10.0. The van der Waals surface area contributed by atoms with E-state index in [-0.39, 0.29) is 25.7 Å². The Morgan fingerprint density at radius 3 is 0.796 bits per heavy atom. The lowest BCUT2D eigenvalue weighted by molar-refractivity contribution is -0.161. The van der Waals surface area contributed by atoms with Crippen LogP contribution in [0, 0.1) is 0 Å². The second kappa shape index (κ2) is 78.5. The van der Waals surface area contributed by atoms with Crippen LogP contribution in [0.1, 0.15) is 259 Å². The van der Waals surface area contributed by atoms with Crippen molar-refractivity contribution in [2.24, 2.45) is 0 Å². The maximum atomic E-state index is 13.1. The van der Waals surface area contributed by atoms with Crippen molar-refractivity contribution in [1.29, 1.82) is 0 Å². The molecule has 0 aliphatic carbocycles. The van der Waals surface area contributed by atoms with E-state index in [1.165, 1.54) is 0 Å². The second-order valence-electron chi connectivity index (χ2n) is 25.5. The zero-order valence-corrected chi connectivity index (χ0v) is 68.0. The predicted molar refractivity (Wildman–Crippen MR) is 445 cm³/mol. The third-order valence-electron chi connectivity index (χ3n) is 15.4. The normalized spacial score (nSPS) is 15.0. The molecule has 5 unspecified atom stereocenters. The van der Waals surface area contributed by atoms with Crippen LogP contribution in [0.15, 0.2) is 219 Å². The van der Waals surface area contributed by atoms with E-state index >= 15 is 0 Å². The van der Waals surface area contributed by atoms with Gasteiger partial charge in [-0.2, -0.15) is 0 Å². The Hall–Kier alpha value is -6.62. The molecular weight excluding hydrogens is 1400 g/mol. The van der Waals surface area contributed by atoms with Gasteiger partial charge in [-0.3, -0.25) is 37.3 Å². The number of allylic oxidation sites excluding steroid dienone is 36. The predicted octanol–water partition coefficient (Wildman–Crippen LogP) is 23.7. The van der Waals surface area contributed by atoms with Crippen LogP contribution in [-0.2, 0) is 65.4 Å². The monoisotopic (exact) mass is 1540 g/mol. The summed E-state index contributed by atoms with van der Waals surface area (Å²) in [5.74, 6) is -2.43. The minimum absolute atomic E-state index is 0.0157. The third kappa shape index (κ3) is 77.5. The molecule has 108 heavy (non-hydrogen) atoms. The van der Waals surface area contributed by atoms with Crippen LogP contribution in [0.3, 0.4) is 0 Å². The van der Waals surface area contributed by atoms with E-state index in [2.05, 4.69) is 210 Å². The Labute approximate surface area is 651 Å². The van der Waals surface area contributed by atoms with Crippen molar-refractivity contribution in [3.63, 3.8) is 0 Å². The van der Waals surface area contributed by atoms with Gasteiger partial charge in [0.1, 0.15) is 19.3 Å². The van der Waals surface area contributed by atoms with E-state index in [1.54, 1.807) is 0 Å². The van der Waals surface area contributed by atoms with Gasteiger partial charge in [-0.15, -0.1) is 0 Å². The minimum Gasteiger partial charge on any atom is -0.462 e. The number of ether oxygens (including phenoxy) is 4. The molecule has 0 radical (unpaired) electrons. The molecule has 19 heteroatoms.